The average Bonchev–Trinajstić information content (AvgIpc) is 2.56. The summed E-state index contributed by atoms with van der Waals surface area (Å²) in [7, 11) is 1.29. The molecule has 1 amide bonds. The average molecular weight is 300 g/mol. The summed E-state index contributed by atoms with van der Waals surface area (Å²) in [6.07, 6.45) is 0. The van der Waals surface area contributed by atoms with Crippen molar-refractivity contribution in [2.24, 2.45) is 0 Å². The lowest BCUT2D eigenvalue weighted by Crippen LogP contribution is -2.13. The van der Waals surface area contributed by atoms with E-state index >= 15 is 0 Å². The monoisotopic (exact) mass is 300 g/mol. The maximum Gasteiger partial charge on any atom is 0.337 e. The van der Waals surface area contributed by atoms with Crippen LogP contribution in [0.25, 0.3) is 0 Å². The van der Waals surface area contributed by atoms with Gasteiger partial charge in [-0.05, 0) is 30.3 Å². The second kappa shape index (κ2) is 8.46. The first kappa shape index (κ1) is 17.2. The molecule has 0 fully saturated rings. The van der Waals surface area contributed by atoms with Gasteiger partial charge < -0.3 is 15.8 Å². The molecule has 0 aliphatic carbocycles. The Balaban J connectivity index is 0.00000116. The Kier molecular flexibility index (Phi) is 6.63. The number of esters is 1. The molecule has 2 aromatic rings. The van der Waals surface area contributed by atoms with Crippen molar-refractivity contribution < 1.29 is 14.3 Å². The Bertz CT molecular complexity index is 640. The summed E-state index contributed by atoms with van der Waals surface area (Å²) in [5.41, 5.74) is 7.33. The first-order valence-corrected chi connectivity index (χ1v) is 6.95. The molecule has 0 unspecified atom stereocenters. The largest absolute Gasteiger partial charge is 0.465 e. The molecular formula is C17H20N2O3. The van der Waals surface area contributed by atoms with Crippen LogP contribution in [0.2, 0.25) is 0 Å². The smallest absolute Gasteiger partial charge is 0.337 e. The van der Waals surface area contributed by atoms with Crippen molar-refractivity contribution >= 4 is 23.3 Å². The summed E-state index contributed by atoms with van der Waals surface area (Å²) in [5.74, 6) is -0.778. The first-order chi connectivity index (χ1) is 10.6. The molecule has 0 bridgehead atoms. The highest BCUT2D eigenvalue weighted by molar-refractivity contribution is 6.05. The number of rotatable bonds is 3. The minimum Gasteiger partial charge on any atom is -0.465 e. The van der Waals surface area contributed by atoms with E-state index in [1.54, 1.807) is 30.3 Å². The van der Waals surface area contributed by atoms with E-state index in [9.17, 15) is 9.59 Å². The van der Waals surface area contributed by atoms with Crippen LogP contribution in [0.15, 0.2) is 48.5 Å². The van der Waals surface area contributed by atoms with E-state index in [-0.39, 0.29) is 11.5 Å². The van der Waals surface area contributed by atoms with Gasteiger partial charge in [0.25, 0.3) is 5.91 Å². The first-order valence-electron chi connectivity index (χ1n) is 6.95. The number of nitrogens with one attached hydrogen (secondary N) is 1. The quantitative estimate of drug-likeness (QED) is 0.673. The van der Waals surface area contributed by atoms with E-state index in [1.807, 2.05) is 19.9 Å². The number of carbonyl (C=O) groups is 2. The molecule has 0 atom stereocenters. The van der Waals surface area contributed by atoms with Crippen molar-refractivity contribution in [1.29, 1.82) is 0 Å². The number of carbonyl (C=O) groups excluding carboxylic acids is 2. The zero-order chi connectivity index (χ0) is 16.5. The molecule has 0 aromatic heterocycles. The number of hydrogen-bond acceptors (Lipinski definition) is 4. The van der Waals surface area contributed by atoms with Crippen LogP contribution in [0, 0.1) is 0 Å². The minimum atomic E-state index is -0.507. The summed E-state index contributed by atoms with van der Waals surface area (Å²) in [4.78, 5) is 23.5. The molecule has 2 rings (SSSR count). The van der Waals surface area contributed by atoms with Gasteiger partial charge >= 0.3 is 5.97 Å². The van der Waals surface area contributed by atoms with Crippen LogP contribution in [0.5, 0.6) is 0 Å². The molecule has 22 heavy (non-hydrogen) atoms. The van der Waals surface area contributed by atoms with Gasteiger partial charge in [-0.25, -0.2) is 4.79 Å². The SMILES string of the molecule is CC.COC(=O)c1cc(N)cc(NC(=O)c2ccccc2)c1. The van der Waals surface area contributed by atoms with Gasteiger partial charge in [-0.3, -0.25) is 4.79 Å². The number of nitrogens with two attached hydrogens (primary N) is 1. The molecule has 116 valence electrons. The van der Waals surface area contributed by atoms with Gasteiger partial charge in [0, 0.05) is 16.9 Å². The summed E-state index contributed by atoms with van der Waals surface area (Å²) in [6.45, 7) is 4.00. The van der Waals surface area contributed by atoms with Crippen molar-refractivity contribution in [3.63, 3.8) is 0 Å². The number of anilines is 2. The van der Waals surface area contributed by atoms with E-state index in [4.69, 9.17) is 5.73 Å². The highest BCUT2D eigenvalue weighted by Crippen LogP contribution is 2.18. The molecule has 0 aliphatic rings. The predicted octanol–water partition coefficient (Wildman–Crippen LogP) is 3.33. The third-order valence-electron chi connectivity index (χ3n) is 2.67. The molecule has 3 N–H and O–H groups in total. The molecule has 0 spiro atoms. The molecule has 0 aliphatic heterocycles. The van der Waals surface area contributed by atoms with Crippen molar-refractivity contribution in [3.8, 4) is 0 Å². The third kappa shape index (κ3) is 4.63. The number of ether oxygens (including phenoxy) is 1. The van der Waals surface area contributed by atoms with Gasteiger partial charge in [0.15, 0.2) is 0 Å². The Labute approximate surface area is 130 Å². The summed E-state index contributed by atoms with van der Waals surface area (Å²) in [5, 5.41) is 2.69. The van der Waals surface area contributed by atoms with Crippen molar-refractivity contribution in [3.05, 3.63) is 59.7 Å². The normalized spacial score (nSPS) is 9.23. The van der Waals surface area contributed by atoms with Crippen LogP contribution >= 0.6 is 0 Å². The van der Waals surface area contributed by atoms with Crippen LogP contribution in [0.4, 0.5) is 11.4 Å². The second-order valence-electron chi connectivity index (χ2n) is 4.16. The molecule has 2 aromatic carbocycles. The van der Waals surface area contributed by atoms with Gasteiger partial charge in [0.05, 0.1) is 12.7 Å². The molecule has 0 radical (unpaired) electrons. The van der Waals surface area contributed by atoms with Crippen LogP contribution in [0.3, 0.4) is 0 Å². The van der Waals surface area contributed by atoms with E-state index in [1.165, 1.54) is 19.2 Å². The molecule has 5 nitrogen and oxygen atoms in total. The molecule has 5 heteroatoms. The lowest BCUT2D eigenvalue weighted by molar-refractivity contribution is 0.0600. The number of methoxy groups -OCH3 is 1. The fourth-order valence-electron chi connectivity index (χ4n) is 1.75. The van der Waals surface area contributed by atoms with Crippen LogP contribution in [-0.2, 0) is 4.74 Å². The Morgan fingerprint density at radius 3 is 2.23 bits per heavy atom. The van der Waals surface area contributed by atoms with Gasteiger partial charge in [0.2, 0.25) is 0 Å². The maximum absolute atomic E-state index is 12.0. The molecule has 0 saturated heterocycles. The van der Waals surface area contributed by atoms with E-state index in [2.05, 4.69) is 10.1 Å². The van der Waals surface area contributed by atoms with Gasteiger partial charge in [-0.15, -0.1) is 0 Å². The van der Waals surface area contributed by atoms with Crippen LogP contribution in [-0.4, -0.2) is 19.0 Å². The summed E-state index contributed by atoms with van der Waals surface area (Å²) >= 11 is 0. The Hall–Kier alpha value is -2.82. The highest BCUT2D eigenvalue weighted by atomic mass is 16.5. The van der Waals surface area contributed by atoms with Gasteiger partial charge in [-0.1, -0.05) is 32.0 Å². The van der Waals surface area contributed by atoms with Crippen molar-refractivity contribution in [2.45, 2.75) is 13.8 Å². The number of amides is 1. The lowest BCUT2D eigenvalue weighted by atomic mass is 10.1. The topological polar surface area (TPSA) is 81.4 Å². The van der Waals surface area contributed by atoms with Crippen molar-refractivity contribution in [1.82, 2.24) is 0 Å². The van der Waals surface area contributed by atoms with Crippen molar-refractivity contribution in [2.75, 3.05) is 18.2 Å². The summed E-state index contributed by atoms with van der Waals surface area (Å²) < 4.78 is 4.63. The van der Waals surface area contributed by atoms with E-state index < -0.39 is 5.97 Å². The van der Waals surface area contributed by atoms with Crippen LogP contribution in [0.1, 0.15) is 34.6 Å². The van der Waals surface area contributed by atoms with Gasteiger partial charge in [-0.2, -0.15) is 0 Å². The standard InChI is InChI=1S/C15H14N2O3.C2H6/c1-20-15(19)11-7-12(16)9-13(8-11)17-14(18)10-5-3-2-4-6-10;1-2/h2-9H,16H2,1H3,(H,17,18);1-2H3. The molecule has 0 saturated carbocycles. The van der Waals surface area contributed by atoms with E-state index in [0.29, 0.717) is 16.9 Å². The molecular weight excluding hydrogens is 280 g/mol. The number of hydrogen-bond donors (Lipinski definition) is 2. The van der Waals surface area contributed by atoms with Gasteiger partial charge in [0.1, 0.15) is 0 Å². The summed E-state index contributed by atoms with van der Waals surface area (Å²) in [6, 6.07) is 13.3. The number of nitrogen functional groups attached to an aromatic ring is 1. The Morgan fingerprint density at radius 1 is 1.00 bits per heavy atom. The maximum atomic E-state index is 12.0. The second-order valence-corrected chi connectivity index (χ2v) is 4.16. The minimum absolute atomic E-state index is 0.271. The fourth-order valence-corrected chi connectivity index (χ4v) is 1.75. The predicted molar refractivity (Wildman–Crippen MR) is 87.9 cm³/mol. The van der Waals surface area contributed by atoms with Crippen LogP contribution < -0.4 is 11.1 Å². The zero-order valence-electron chi connectivity index (χ0n) is 12.9. The highest BCUT2D eigenvalue weighted by Gasteiger charge is 2.10. The Morgan fingerprint density at radius 2 is 1.64 bits per heavy atom. The third-order valence-corrected chi connectivity index (χ3v) is 2.67. The number of benzene rings is 2. The molecule has 0 heterocycles. The van der Waals surface area contributed by atoms with E-state index in [0.717, 1.165) is 0 Å². The lowest BCUT2D eigenvalue weighted by Gasteiger charge is -2.08. The fraction of sp³-hybridized carbons (Fsp3) is 0.176. The zero-order valence-corrected chi connectivity index (χ0v) is 12.9.